The number of rotatable bonds is 5. The summed E-state index contributed by atoms with van der Waals surface area (Å²) >= 11 is 0. The maximum absolute atomic E-state index is 12.0. The molecule has 0 aliphatic carbocycles. The second-order valence-electron chi connectivity index (χ2n) is 7.21. The predicted octanol–water partition coefficient (Wildman–Crippen LogP) is 5.54. The molecule has 0 spiro atoms. The van der Waals surface area contributed by atoms with Gasteiger partial charge in [-0.3, -0.25) is 4.98 Å². The third-order valence-corrected chi connectivity index (χ3v) is 5.02. The molecule has 0 bridgehead atoms. The number of benzene rings is 2. The van der Waals surface area contributed by atoms with Gasteiger partial charge in [-0.2, -0.15) is 4.98 Å². The summed E-state index contributed by atoms with van der Waals surface area (Å²) in [6.45, 7) is 2.08. The van der Waals surface area contributed by atoms with Crippen LogP contribution < -0.4 is 10.4 Å². The minimum atomic E-state index is -0.362. The highest BCUT2D eigenvalue weighted by Crippen LogP contribution is 2.31. The Morgan fingerprint density at radius 3 is 2.71 bits per heavy atom. The Morgan fingerprint density at radius 2 is 1.87 bits per heavy atom. The molecule has 3 heterocycles. The zero-order valence-corrected chi connectivity index (χ0v) is 16.9. The molecule has 0 saturated heterocycles. The highest BCUT2D eigenvalue weighted by atomic mass is 16.5. The van der Waals surface area contributed by atoms with Crippen LogP contribution in [0.1, 0.15) is 18.9 Å². The number of para-hydroxylation sites is 1. The van der Waals surface area contributed by atoms with Crippen LogP contribution in [0.4, 0.5) is 0 Å². The fourth-order valence-electron chi connectivity index (χ4n) is 3.61. The standard InChI is InChI=1S/C25H19N3O3/c1-2-6-16-13-23(29)31-22-14-18(10-11-19(16)22)30-25-20-8-3-4-9-21(20)27-24(28-25)17-7-5-12-26-15-17/h3-5,7-15H,2,6H2,1H3. The van der Waals surface area contributed by atoms with E-state index in [0.717, 1.165) is 40.3 Å². The maximum atomic E-state index is 12.0. The van der Waals surface area contributed by atoms with Crippen molar-refractivity contribution in [3.05, 3.63) is 89.0 Å². The molecule has 0 fully saturated rings. The lowest BCUT2D eigenvalue weighted by molar-refractivity contribution is 0.467. The van der Waals surface area contributed by atoms with E-state index in [1.165, 1.54) is 0 Å². The Balaban J connectivity index is 1.61. The molecule has 6 heteroatoms. The summed E-state index contributed by atoms with van der Waals surface area (Å²) in [5.41, 5.74) is 2.68. The van der Waals surface area contributed by atoms with Crippen molar-refractivity contribution in [2.75, 3.05) is 0 Å². The van der Waals surface area contributed by atoms with Gasteiger partial charge in [-0.1, -0.05) is 25.5 Å². The van der Waals surface area contributed by atoms with E-state index in [0.29, 0.717) is 23.0 Å². The third-order valence-electron chi connectivity index (χ3n) is 5.02. The van der Waals surface area contributed by atoms with Crippen molar-refractivity contribution in [3.8, 4) is 23.0 Å². The van der Waals surface area contributed by atoms with Crippen molar-refractivity contribution in [3.63, 3.8) is 0 Å². The molecular formula is C25H19N3O3. The Kier molecular flexibility index (Phi) is 4.88. The average molecular weight is 409 g/mol. The number of hydrogen-bond acceptors (Lipinski definition) is 6. The lowest BCUT2D eigenvalue weighted by Crippen LogP contribution is -2.01. The fourth-order valence-corrected chi connectivity index (χ4v) is 3.61. The van der Waals surface area contributed by atoms with Gasteiger partial charge in [0.05, 0.1) is 10.9 Å². The van der Waals surface area contributed by atoms with Gasteiger partial charge < -0.3 is 9.15 Å². The second-order valence-corrected chi connectivity index (χ2v) is 7.21. The van der Waals surface area contributed by atoms with Crippen LogP contribution in [0.3, 0.4) is 0 Å². The van der Waals surface area contributed by atoms with Gasteiger partial charge in [-0.05, 0) is 48.4 Å². The summed E-state index contributed by atoms with van der Waals surface area (Å²) in [6.07, 6.45) is 5.18. The molecular weight excluding hydrogens is 390 g/mol. The molecule has 152 valence electrons. The number of ether oxygens (including phenoxy) is 1. The SMILES string of the molecule is CCCc1cc(=O)oc2cc(Oc3nc(-c4cccnc4)nc4ccccc34)ccc12. The van der Waals surface area contributed by atoms with Gasteiger partial charge in [-0.15, -0.1) is 0 Å². The van der Waals surface area contributed by atoms with Gasteiger partial charge >= 0.3 is 5.63 Å². The molecule has 0 saturated carbocycles. The van der Waals surface area contributed by atoms with Crippen LogP contribution in [-0.4, -0.2) is 15.0 Å². The number of aryl methyl sites for hydroxylation is 1. The van der Waals surface area contributed by atoms with E-state index in [1.807, 2.05) is 48.5 Å². The Morgan fingerprint density at radius 1 is 0.968 bits per heavy atom. The Labute approximate surface area is 178 Å². The molecule has 0 N–H and O–H groups in total. The van der Waals surface area contributed by atoms with E-state index in [2.05, 4.69) is 21.9 Å². The number of pyridine rings is 1. The van der Waals surface area contributed by atoms with Crippen LogP contribution in [0.2, 0.25) is 0 Å². The monoisotopic (exact) mass is 409 g/mol. The first-order valence-corrected chi connectivity index (χ1v) is 10.1. The zero-order valence-electron chi connectivity index (χ0n) is 16.9. The topological polar surface area (TPSA) is 78.1 Å². The zero-order chi connectivity index (χ0) is 21.2. The molecule has 0 aliphatic heterocycles. The summed E-state index contributed by atoms with van der Waals surface area (Å²) in [7, 11) is 0. The van der Waals surface area contributed by atoms with Crippen LogP contribution in [0, 0.1) is 0 Å². The summed E-state index contributed by atoms with van der Waals surface area (Å²) in [4.78, 5) is 25.4. The molecule has 5 rings (SSSR count). The van der Waals surface area contributed by atoms with Crippen LogP contribution in [0.15, 0.2) is 82.3 Å². The number of aromatic nitrogens is 3. The molecule has 0 atom stereocenters. The fraction of sp³-hybridized carbons (Fsp3) is 0.120. The van der Waals surface area contributed by atoms with E-state index in [4.69, 9.17) is 9.15 Å². The van der Waals surface area contributed by atoms with Gasteiger partial charge in [0, 0.05) is 35.5 Å². The largest absolute Gasteiger partial charge is 0.438 e. The lowest BCUT2D eigenvalue weighted by atomic mass is 10.1. The van der Waals surface area contributed by atoms with Crippen molar-refractivity contribution in [2.45, 2.75) is 19.8 Å². The number of nitrogens with zero attached hydrogens (tertiary/aromatic N) is 3. The van der Waals surface area contributed by atoms with E-state index in [-0.39, 0.29) is 5.63 Å². The van der Waals surface area contributed by atoms with Crippen molar-refractivity contribution >= 4 is 21.9 Å². The van der Waals surface area contributed by atoms with Crippen LogP contribution >= 0.6 is 0 Å². The number of hydrogen-bond donors (Lipinski definition) is 0. The normalized spacial score (nSPS) is 11.1. The highest BCUT2D eigenvalue weighted by molar-refractivity contribution is 5.86. The summed E-state index contributed by atoms with van der Waals surface area (Å²) < 4.78 is 11.6. The predicted molar refractivity (Wildman–Crippen MR) is 119 cm³/mol. The maximum Gasteiger partial charge on any atom is 0.336 e. The van der Waals surface area contributed by atoms with Crippen molar-refractivity contribution in [2.24, 2.45) is 0 Å². The first-order chi connectivity index (χ1) is 15.2. The van der Waals surface area contributed by atoms with Crippen LogP contribution in [-0.2, 0) is 6.42 Å². The second kappa shape index (κ2) is 7.99. The molecule has 0 radical (unpaired) electrons. The van der Waals surface area contributed by atoms with Crippen molar-refractivity contribution < 1.29 is 9.15 Å². The minimum absolute atomic E-state index is 0.362. The quantitative estimate of drug-likeness (QED) is 0.355. The van der Waals surface area contributed by atoms with Gasteiger partial charge in [0.2, 0.25) is 5.88 Å². The number of fused-ring (bicyclic) bond motifs is 2. The molecule has 5 aromatic rings. The van der Waals surface area contributed by atoms with E-state index in [9.17, 15) is 4.79 Å². The first-order valence-electron chi connectivity index (χ1n) is 10.1. The van der Waals surface area contributed by atoms with Gasteiger partial charge in [-0.25, -0.2) is 9.78 Å². The molecule has 0 unspecified atom stereocenters. The van der Waals surface area contributed by atoms with Crippen molar-refractivity contribution in [1.29, 1.82) is 0 Å². The highest BCUT2D eigenvalue weighted by Gasteiger charge is 2.13. The van der Waals surface area contributed by atoms with Gasteiger partial charge in [0.1, 0.15) is 11.3 Å². The van der Waals surface area contributed by atoms with E-state index < -0.39 is 0 Å². The molecule has 31 heavy (non-hydrogen) atoms. The molecule has 3 aromatic heterocycles. The Hall–Kier alpha value is -4.06. The average Bonchev–Trinajstić information content (AvgIpc) is 2.79. The smallest absolute Gasteiger partial charge is 0.336 e. The summed E-state index contributed by atoms with van der Waals surface area (Å²) in [5.74, 6) is 1.49. The first kappa shape index (κ1) is 18.9. The van der Waals surface area contributed by atoms with Crippen LogP contribution in [0.5, 0.6) is 11.6 Å². The van der Waals surface area contributed by atoms with Gasteiger partial charge in [0.15, 0.2) is 5.82 Å². The van der Waals surface area contributed by atoms with E-state index in [1.54, 1.807) is 24.5 Å². The summed E-state index contributed by atoms with van der Waals surface area (Å²) in [6, 6.07) is 18.5. The Bertz CT molecular complexity index is 1450. The van der Waals surface area contributed by atoms with Crippen LogP contribution in [0.25, 0.3) is 33.3 Å². The lowest BCUT2D eigenvalue weighted by Gasteiger charge is -2.11. The summed E-state index contributed by atoms with van der Waals surface area (Å²) in [5, 5.41) is 1.70. The molecule has 6 nitrogen and oxygen atoms in total. The molecule has 0 amide bonds. The van der Waals surface area contributed by atoms with E-state index >= 15 is 0 Å². The molecule has 2 aromatic carbocycles. The van der Waals surface area contributed by atoms with Gasteiger partial charge in [0.25, 0.3) is 0 Å². The molecule has 0 aliphatic rings. The third kappa shape index (κ3) is 3.75. The van der Waals surface area contributed by atoms with Crippen molar-refractivity contribution in [1.82, 2.24) is 15.0 Å². The minimum Gasteiger partial charge on any atom is -0.438 e.